The average molecular weight is 392 g/mol. The van der Waals surface area contributed by atoms with Gasteiger partial charge in [0, 0.05) is 24.9 Å². The molecular formula is C21H21N5OS. The first-order valence-corrected chi connectivity index (χ1v) is 10.1. The van der Waals surface area contributed by atoms with Crippen molar-refractivity contribution in [3.05, 3.63) is 71.6 Å². The molecule has 4 rings (SSSR count). The number of amides is 1. The summed E-state index contributed by atoms with van der Waals surface area (Å²) >= 11 is 1.74. The highest BCUT2D eigenvalue weighted by Gasteiger charge is 2.09. The third-order valence-electron chi connectivity index (χ3n) is 4.45. The molecule has 0 aliphatic rings. The molecule has 0 spiro atoms. The van der Waals surface area contributed by atoms with Gasteiger partial charge >= 0.3 is 0 Å². The summed E-state index contributed by atoms with van der Waals surface area (Å²) in [5, 5.41) is 8.40. The maximum Gasteiger partial charge on any atom is 0.225 e. The molecule has 1 N–H and O–H groups in total. The number of carbonyl (C=O) groups is 1. The van der Waals surface area contributed by atoms with Crippen molar-refractivity contribution >= 4 is 33.3 Å². The molecule has 6 nitrogen and oxygen atoms in total. The monoisotopic (exact) mass is 391 g/mol. The van der Waals surface area contributed by atoms with E-state index in [1.165, 1.54) is 4.70 Å². The number of fused-ring (bicyclic) bond motifs is 1. The number of anilines is 1. The Kier molecular flexibility index (Phi) is 5.72. The second kappa shape index (κ2) is 8.75. The Morgan fingerprint density at radius 1 is 1.04 bits per heavy atom. The van der Waals surface area contributed by atoms with Crippen LogP contribution in [0.1, 0.15) is 29.8 Å². The summed E-state index contributed by atoms with van der Waals surface area (Å²) in [6, 6.07) is 13.9. The van der Waals surface area contributed by atoms with Crippen LogP contribution in [0.25, 0.3) is 10.2 Å². The van der Waals surface area contributed by atoms with Gasteiger partial charge in [0.25, 0.3) is 0 Å². The van der Waals surface area contributed by atoms with Crippen LogP contribution in [0, 0.1) is 0 Å². The van der Waals surface area contributed by atoms with Crippen molar-refractivity contribution in [2.45, 2.75) is 32.2 Å². The van der Waals surface area contributed by atoms with Crippen LogP contribution in [-0.4, -0.2) is 25.7 Å². The zero-order valence-corrected chi connectivity index (χ0v) is 16.2. The van der Waals surface area contributed by atoms with Gasteiger partial charge in [-0.3, -0.25) is 9.78 Å². The number of carbonyl (C=O) groups excluding carboxylic acids is 1. The van der Waals surface area contributed by atoms with Gasteiger partial charge in [0.2, 0.25) is 5.91 Å². The minimum atomic E-state index is 0.0146. The molecular weight excluding hydrogens is 370 g/mol. The van der Waals surface area contributed by atoms with Gasteiger partial charge in [-0.1, -0.05) is 12.1 Å². The van der Waals surface area contributed by atoms with Crippen LogP contribution in [0.4, 0.5) is 5.82 Å². The van der Waals surface area contributed by atoms with E-state index in [1.807, 2.05) is 36.4 Å². The number of thiazole rings is 1. The summed E-state index contributed by atoms with van der Waals surface area (Å²) in [5.74, 6) is 0.730. The van der Waals surface area contributed by atoms with Crippen molar-refractivity contribution in [2.24, 2.45) is 0 Å². The van der Waals surface area contributed by atoms with Gasteiger partial charge < -0.3 is 5.32 Å². The number of hydrogen-bond acceptors (Lipinski definition) is 5. The normalized spacial score (nSPS) is 11.0. The molecule has 1 amide bonds. The molecule has 4 aromatic rings. The summed E-state index contributed by atoms with van der Waals surface area (Å²) in [6.45, 7) is 0.600. The Morgan fingerprint density at radius 3 is 2.75 bits per heavy atom. The molecule has 0 aliphatic carbocycles. The zero-order valence-electron chi connectivity index (χ0n) is 15.4. The number of rotatable bonds is 8. The highest BCUT2D eigenvalue weighted by atomic mass is 32.1. The van der Waals surface area contributed by atoms with Gasteiger partial charge in [0.1, 0.15) is 5.82 Å². The second-order valence-electron chi connectivity index (χ2n) is 6.56. The molecule has 0 fully saturated rings. The van der Waals surface area contributed by atoms with Crippen molar-refractivity contribution < 1.29 is 4.79 Å². The number of para-hydroxylation sites is 1. The number of unbranched alkanes of at least 4 members (excludes halogenated alkanes) is 1. The first kappa shape index (κ1) is 18.3. The number of nitrogens with zero attached hydrogens (tertiary/aromatic N) is 4. The molecule has 28 heavy (non-hydrogen) atoms. The van der Waals surface area contributed by atoms with Crippen molar-refractivity contribution in [3.63, 3.8) is 0 Å². The van der Waals surface area contributed by atoms with E-state index < -0.39 is 0 Å². The lowest BCUT2D eigenvalue weighted by atomic mass is 10.2. The lowest BCUT2D eigenvalue weighted by Crippen LogP contribution is -2.15. The average Bonchev–Trinajstić information content (AvgIpc) is 3.32. The van der Waals surface area contributed by atoms with Crippen molar-refractivity contribution in [1.82, 2.24) is 19.7 Å². The van der Waals surface area contributed by atoms with E-state index in [0.717, 1.165) is 35.4 Å². The smallest absolute Gasteiger partial charge is 0.225 e. The topological polar surface area (TPSA) is 72.7 Å². The van der Waals surface area contributed by atoms with Crippen LogP contribution < -0.4 is 5.32 Å². The third-order valence-corrected chi connectivity index (χ3v) is 5.54. The molecule has 0 bridgehead atoms. The van der Waals surface area contributed by atoms with E-state index in [4.69, 9.17) is 0 Å². The van der Waals surface area contributed by atoms with Crippen LogP contribution in [-0.2, 0) is 17.8 Å². The van der Waals surface area contributed by atoms with E-state index >= 15 is 0 Å². The number of hydrogen-bond donors (Lipinski definition) is 1. The quantitative estimate of drug-likeness (QED) is 0.455. The standard InChI is InChI=1S/C21H21N5OS/c27-20(7-3-4-8-21-24-17-5-1-2-6-18(17)28-21)25-19-11-14-23-26(19)15-16-9-12-22-13-10-16/h1-2,5-6,9-14H,3-4,7-8,15H2,(H,25,27). The molecule has 7 heteroatoms. The summed E-state index contributed by atoms with van der Waals surface area (Å²) in [6.07, 6.45) is 8.39. The van der Waals surface area contributed by atoms with Crippen LogP contribution in [0.15, 0.2) is 61.1 Å². The molecule has 0 aliphatic heterocycles. The van der Waals surface area contributed by atoms with Crippen LogP contribution in [0.3, 0.4) is 0 Å². The van der Waals surface area contributed by atoms with Crippen LogP contribution in [0.5, 0.6) is 0 Å². The Morgan fingerprint density at radius 2 is 1.89 bits per heavy atom. The van der Waals surface area contributed by atoms with Gasteiger partial charge in [-0.15, -0.1) is 11.3 Å². The molecule has 0 atom stereocenters. The van der Waals surface area contributed by atoms with Crippen molar-refractivity contribution in [1.29, 1.82) is 0 Å². The Bertz CT molecular complexity index is 1020. The fraction of sp³-hybridized carbons (Fsp3) is 0.238. The zero-order chi connectivity index (χ0) is 19.2. The molecule has 0 unspecified atom stereocenters. The fourth-order valence-electron chi connectivity index (χ4n) is 3.02. The maximum absolute atomic E-state index is 12.3. The highest BCUT2D eigenvalue weighted by molar-refractivity contribution is 7.18. The van der Waals surface area contributed by atoms with E-state index in [9.17, 15) is 4.79 Å². The summed E-state index contributed by atoms with van der Waals surface area (Å²) in [5.41, 5.74) is 2.15. The minimum Gasteiger partial charge on any atom is -0.311 e. The molecule has 0 saturated heterocycles. The lowest BCUT2D eigenvalue weighted by molar-refractivity contribution is -0.116. The number of nitrogens with one attached hydrogen (secondary N) is 1. The van der Waals surface area contributed by atoms with Gasteiger partial charge in [-0.25, -0.2) is 9.67 Å². The Labute approximate surface area is 167 Å². The Hall–Kier alpha value is -3.06. The first-order valence-electron chi connectivity index (χ1n) is 9.33. The van der Waals surface area contributed by atoms with Crippen molar-refractivity contribution in [3.8, 4) is 0 Å². The summed E-state index contributed by atoms with van der Waals surface area (Å²) in [7, 11) is 0. The Balaban J connectivity index is 1.24. The second-order valence-corrected chi connectivity index (χ2v) is 7.68. The van der Waals surface area contributed by atoms with Crippen molar-refractivity contribution in [2.75, 3.05) is 5.32 Å². The van der Waals surface area contributed by atoms with Gasteiger partial charge in [0.05, 0.1) is 28.0 Å². The van der Waals surface area contributed by atoms with E-state index in [2.05, 4.69) is 26.4 Å². The molecule has 3 heterocycles. The predicted octanol–water partition coefficient (Wildman–Crippen LogP) is 4.29. The number of aromatic nitrogens is 4. The number of aryl methyl sites for hydroxylation is 1. The summed E-state index contributed by atoms with van der Waals surface area (Å²) in [4.78, 5) is 21.0. The molecule has 0 saturated carbocycles. The van der Waals surface area contributed by atoms with Gasteiger partial charge in [-0.2, -0.15) is 5.10 Å². The SMILES string of the molecule is O=C(CCCCc1nc2ccccc2s1)Nc1ccnn1Cc1ccncc1. The molecule has 142 valence electrons. The largest absolute Gasteiger partial charge is 0.311 e. The van der Waals surface area contributed by atoms with Gasteiger partial charge in [0.15, 0.2) is 0 Å². The number of pyridine rings is 1. The lowest BCUT2D eigenvalue weighted by Gasteiger charge is -2.09. The van der Waals surface area contributed by atoms with E-state index in [1.54, 1.807) is 34.6 Å². The van der Waals surface area contributed by atoms with Gasteiger partial charge in [-0.05, 0) is 49.1 Å². The van der Waals surface area contributed by atoms with Crippen LogP contribution in [0.2, 0.25) is 0 Å². The number of benzene rings is 1. The van der Waals surface area contributed by atoms with E-state index in [-0.39, 0.29) is 5.91 Å². The third kappa shape index (κ3) is 4.61. The molecule has 1 aromatic carbocycles. The first-order chi connectivity index (χ1) is 13.8. The van der Waals surface area contributed by atoms with Crippen LogP contribution >= 0.6 is 11.3 Å². The molecule has 3 aromatic heterocycles. The fourth-order valence-corrected chi connectivity index (χ4v) is 4.03. The minimum absolute atomic E-state index is 0.0146. The maximum atomic E-state index is 12.3. The highest BCUT2D eigenvalue weighted by Crippen LogP contribution is 2.23. The predicted molar refractivity (Wildman–Crippen MR) is 111 cm³/mol. The summed E-state index contributed by atoms with van der Waals surface area (Å²) < 4.78 is 3.01. The molecule has 0 radical (unpaired) electrons. The van der Waals surface area contributed by atoms with E-state index in [0.29, 0.717) is 18.8 Å².